The van der Waals surface area contributed by atoms with Crippen LogP contribution in [0.5, 0.6) is 0 Å². The molecular weight excluding hydrogens is 363 g/mol. The zero-order chi connectivity index (χ0) is 20.5. The molecule has 1 aromatic heterocycles. The second-order valence-corrected chi connectivity index (χ2v) is 6.17. The van der Waals surface area contributed by atoms with Gasteiger partial charge in [0.05, 0.1) is 16.8 Å². The van der Waals surface area contributed by atoms with E-state index in [0.29, 0.717) is 22.9 Å². The number of ether oxygens (including phenoxy) is 1. The predicted molar refractivity (Wildman–Crippen MR) is 90.9 cm³/mol. The fourth-order valence-electron chi connectivity index (χ4n) is 2.83. The first-order valence-electron chi connectivity index (χ1n) is 8.06. The molecular formula is C19H18F3NO4. The van der Waals surface area contributed by atoms with Crippen molar-refractivity contribution in [2.24, 2.45) is 0 Å². The van der Waals surface area contributed by atoms with Gasteiger partial charge >= 0.3 is 12.1 Å². The predicted octanol–water partition coefficient (Wildman–Crippen LogP) is 4.28. The van der Waals surface area contributed by atoms with Crippen LogP contribution in [0.15, 0.2) is 24.3 Å². The molecule has 0 unspecified atom stereocenters. The summed E-state index contributed by atoms with van der Waals surface area (Å²) in [5, 5.41) is 0. The number of hydrogen-bond acceptors (Lipinski definition) is 4. The number of Topliss-reactive ketones (excluding diaryl/α,β-unsaturated/α-hetero) is 2. The van der Waals surface area contributed by atoms with Crippen molar-refractivity contribution in [1.29, 1.82) is 0 Å². The Bertz CT molecular complexity index is 912. The van der Waals surface area contributed by atoms with Gasteiger partial charge in [0.15, 0.2) is 11.9 Å². The average Bonchev–Trinajstić information content (AvgIpc) is 2.87. The van der Waals surface area contributed by atoms with E-state index in [0.717, 1.165) is 12.1 Å². The van der Waals surface area contributed by atoms with Gasteiger partial charge in [0.25, 0.3) is 0 Å². The molecule has 0 aliphatic rings. The molecule has 1 aromatic carbocycles. The summed E-state index contributed by atoms with van der Waals surface area (Å²) in [6.07, 6.45) is -5.84. The maximum atomic E-state index is 12.8. The average molecular weight is 381 g/mol. The van der Waals surface area contributed by atoms with Gasteiger partial charge in [0, 0.05) is 11.3 Å². The molecule has 8 heteroatoms. The van der Waals surface area contributed by atoms with Crippen LogP contribution in [-0.2, 0) is 10.9 Å². The number of carbonyl (C=O) groups is 3. The molecule has 0 amide bonds. The van der Waals surface area contributed by atoms with E-state index in [-0.39, 0.29) is 17.0 Å². The molecule has 2 rings (SSSR count). The highest BCUT2D eigenvalue weighted by Gasteiger charge is 2.32. The fraction of sp³-hybridized carbons (Fsp3) is 0.316. The number of aromatic amines is 1. The monoisotopic (exact) mass is 381 g/mol. The molecule has 0 aliphatic carbocycles. The number of carbonyl (C=O) groups excluding carboxylic acids is 3. The first-order valence-corrected chi connectivity index (χ1v) is 8.06. The number of hydrogen-bond donors (Lipinski definition) is 1. The number of benzene rings is 1. The van der Waals surface area contributed by atoms with Crippen LogP contribution in [0.4, 0.5) is 13.2 Å². The maximum absolute atomic E-state index is 12.8. The first kappa shape index (κ1) is 20.4. The summed E-state index contributed by atoms with van der Waals surface area (Å²) in [6.45, 7) is 5.92. The van der Waals surface area contributed by atoms with E-state index in [4.69, 9.17) is 4.74 Å². The van der Waals surface area contributed by atoms with Crippen molar-refractivity contribution < 1.29 is 32.3 Å². The van der Waals surface area contributed by atoms with Crippen LogP contribution in [-0.4, -0.2) is 28.6 Å². The van der Waals surface area contributed by atoms with Gasteiger partial charge in [0.2, 0.25) is 5.78 Å². The molecule has 1 heterocycles. The molecule has 2 aromatic rings. The number of H-pyrrole nitrogens is 1. The van der Waals surface area contributed by atoms with Gasteiger partial charge < -0.3 is 9.72 Å². The number of rotatable bonds is 5. The summed E-state index contributed by atoms with van der Waals surface area (Å²) in [6, 6.07) is 3.76. The minimum absolute atomic E-state index is 0.127. The Kier molecular flexibility index (Phi) is 5.58. The Labute approximate surface area is 153 Å². The van der Waals surface area contributed by atoms with Crippen molar-refractivity contribution >= 4 is 17.5 Å². The summed E-state index contributed by atoms with van der Waals surface area (Å²) >= 11 is 0. The van der Waals surface area contributed by atoms with Crippen molar-refractivity contribution in [2.45, 2.75) is 40.0 Å². The number of ketones is 2. The summed E-state index contributed by atoms with van der Waals surface area (Å²) in [7, 11) is 0. The van der Waals surface area contributed by atoms with Crippen LogP contribution in [0.1, 0.15) is 61.9 Å². The lowest BCUT2D eigenvalue weighted by atomic mass is 10.0. The van der Waals surface area contributed by atoms with E-state index in [2.05, 4.69) is 4.98 Å². The highest BCUT2D eigenvalue weighted by atomic mass is 19.4. The van der Waals surface area contributed by atoms with Crippen LogP contribution < -0.4 is 0 Å². The maximum Gasteiger partial charge on any atom is 0.416 e. The van der Waals surface area contributed by atoms with E-state index < -0.39 is 29.6 Å². The highest BCUT2D eigenvalue weighted by molar-refractivity contribution is 6.05. The Morgan fingerprint density at radius 1 is 1.15 bits per heavy atom. The quantitative estimate of drug-likeness (QED) is 0.620. The zero-order valence-corrected chi connectivity index (χ0v) is 15.2. The molecule has 27 heavy (non-hydrogen) atoms. The number of aryl methyl sites for hydroxylation is 1. The van der Waals surface area contributed by atoms with Crippen molar-refractivity contribution in [3.63, 3.8) is 0 Å². The van der Waals surface area contributed by atoms with Gasteiger partial charge in [-0.3, -0.25) is 9.59 Å². The lowest BCUT2D eigenvalue weighted by Gasteiger charge is -2.13. The van der Waals surface area contributed by atoms with Crippen LogP contribution in [0.25, 0.3) is 0 Å². The van der Waals surface area contributed by atoms with Crippen LogP contribution in [0.2, 0.25) is 0 Å². The van der Waals surface area contributed by atoms with Gasteiger partial charge in [0.1, 0.15) is 0 Å². The first-order chi connectivity index (χ1) is 12.4. The summed E-state index contributed by atoms with van der Waals surface area (Å²) in [5.74, 6) is -1.84. The fourth-order valence-corrected chi connectivity index (χ4v) is 2.83. The Morgan fingerprint density at radius 2 is 1.78 bits per heavy atom. The van der Waals surface area contributed by atoms with E-state index in [1.165, 1.54) is 19.9 Å². The van der Waals surface area contributed by atoms with Gasteiger partial charge in [-0.2, -0.15) is 13.2 Å². The van der Waals surface area contributed by atoms with Crippen LogP contribution >= 0.6 is 0 Å². The molecule has 5 nitrogen and oxygen atoms in total. The number of esters is 1. The Balaban J connectivity index is 2.21. The third-order valence-corrected chi connectivity index (χ3v) is 4.11. The Morgan fingerprint density at radius 3 is 2.30 bits per heavy atom. The van der Waals surface area contributed by atoms with Crippen molar-refractivity contribution in [1.82, 2.24) is 4.98 Å². The lowest BCUT2D eigenvalue weighted by Crippen LogP contribution is -2.25. The zero-order valence-electron chi connectivity index (χ0n) is 15.2. The minimum Gasteiger partial charge on any atom is -0.451 e. The van der Waals surface area contributed by atoms with E-state index in [1.54, 1.807) is 13.8 Å². The van der Waals surface area contributed by atoms with Gasteiger partial charge in [-0.1, -0.05) is 6.07 Å². The topological polar surface area (TPSA) is 76.2 Å². The summed E-state index contributed by atoms with van der Waals surface area (Å²) < 4.78 is 43.3. The molecule has 0 radical (unpaired) electrons. The molecule has 1 atom stereocenters. The van der Waals surface area contributed by atoms with E-state index >= 15 is 0 Å². The van der Waals surface area contributed by atoms with Crippen LogP contribution in [0, 0.1) is 13.8 Å². The molecule has 144 valence electrons. The minimum atomic E-state index is -4.60. The number of nitrogens with one attached hydrogen (secondary N) is 1. The second kappa shape index (κ2) is 7.38. The van der Waals surface area contributed by atoms with E-state index in [9.17, 15) is 27.6 Å². The third-order valence-electron chi connectivity index (χ3n) is 4.11. The van der Waals surface area contributed by atoms with Crippen molar-refractivity contribution in [2.75, 3.05) is 0 Å². The largest absolute Gasteiger partial charge is 0.451 e. The summed E-state index contributed by atoms with van der Waals surface area (Å²) in [4.78, 5) is 39.1. The molecule has 0 fully saturated rings. The SMILES string of the molecule is CC(=O)c1c(C)[nH]c(C(=O)[C@@H](C)OC(=O)c2cccc(C(F)(F)F)c2)c1C. The standard InChI is InChI=1S/C19H18F3NO4/c1-9-15(11(3)24)10(2)23-16(9)17(25)12(4)27-18(26)13-6-5-7-14(8-13)19(20,21)22/h5-8,12,23H,1-4H3/t12-/m1/s1. The molecule has 1 N–H and O–H groups in total. The van der Waals surface area contributed by atoms with Gasteiger partial charge in [-0.15, -0.1) is 0 Å². The molecule has 0 aliphatic heterocycles. The molecule has 0 saturated carbocycles. The number of alkyl halides is 3. The lowest BCUT2D eigenvalue weighted by molar-refractivity contribution is -0.137. The van der Waals surface area contributed by atoms with E-state index in [1.807, 2.05) is 0 Å². The summed E-state index contributed by atoms with van der Waals surface area (Å²) in [5.41, 5.74) is 0.162. The van der Waals surface area contributed by atoms with Gasteiger partial charge in [-0.25, -0.2) is 4.79 Å². The molecule has 0 bridgehead atoms. The van der Waals surface area contributed by atoms with Crippen molar-refractivity contribution in [3.8, 4) is 0 Å². The second-order valence-electron chi connectivity index (χ2n) is 6.17. The number of halogens is 3. The van der Waals surface area contributed by atoms with Crippen molar-refractivity contribution in [3.05, 3.63) is 57.9 Å². The smallest absolute Gasteiger partial charge is 0.416 e. The normalized spacial score (nSPS) is 12.6. The number of aromatic nitrogens is 1. The highest BCUT2D eigenvalue weighted by Crippen LogP contribution is 2.29. The third kappa shape index (κ3) is 4.27. The molecule has 0 spiro atoms. The van der Waals surface area contributed by atoms with Crippen LogP contribution in [0.3, 0.4) is 0 Å². The molecule has 0 saturated heterocycles. The van der Waals surface area contributed by atoms with Gasteiger partial charge in [-0.05, 0) is 51.5 Å². The Hall–Kier alpha value is -2.90.